The molecule has 0 saturated carbocycles. The third-order valence-corrected chi connectivity index (χ3v) is 3.92. The minimum Gasteiger partial charge on any atom is -0.456 e. The first-order chi connectivity index (χ1) is 11.1. The van der Waals surface area contributed by atoms with Gasteiger partial charge >= 0.3 is 12.0 Å². The van der Waals surface area contributed by atoms with E-state index in [0.717, 1.165) is 51.6 Å². The molecule has 1 saturated heterocycles. The standard InChI is InChI=1S/C16H29N3O4/c17-16(22)18-10-6-4-5-9-15(21)23-13-14(20)19-11-7-2-1-3-8-12-19/h1-13H2,(H3,17,18,22). The molecular weight excluding hydrogens is 298 g/mol. The number of urea groups is 1. The number of ether oxygens (including phenoxy) is 1. The molecule has 3 N–H and O–H groups in total. The highest BCUT2D eigenvalue weighted by molar-refractivity contribution is 5.80. The third kappa shape index (κ3) is 9.76. The predicted octanol–water partition coefficient (Wildman–Crippen LogP) is 1.55. The number of hydrogen-bond acceptors (Lipinski definition) is 4. The monoisotopic (exact) mass is 327 g/mol. The van der Waals surface area contributed by atoms with Gasteiger partial charge in [0.2, 0.25) is 0 Å². The maximum Gasteiger partial charge on any atom is 0.312 e. The lowest BCUT2D eigenvalue weighted by molar-refractivity contribution is -0.152. The van der Waals surface area contributed by atoms with Gasteiger partial charge in [-0.05, 0) is 25.7 Å². The normalized spacial score (nSPS) is 15.4. The first kappa shape index (κ1) is 19.3. The number of rotatable bonds is 8. The van der Waals surface area contributed by atoms with Gasteiger partial charge in [0.15, 0.2) is 6.61 Å². The molecule has 1 rings (SSSR count). The number of carbonyl (C=O) groups is 3. The summed E-state index contributed by atoms with van der Waals surface area (Å²) in [7, 11) is 0. The molecule has 0 bridgehead atoms. The Hall–Kier alpha value is -1.79. The van der Waals surface area contributed by atoms with Gasteiger partial charge in [-0.25, -0.2) is 4.79 Å². The number of carbonyl (C=O) groups excluding carboxylic acids is 3. The zero-order chi connectivity index (χ0) is 16.9. The number of amides is 3. The van der Waals surface area contributed by atoms with E-state index >= 15 is 0 Å². The lowest BCUT2D eigenvalue weighted by atomic mass is 10.1. The molecule has 0 atom stereocenters. The molecule has 3 amide bonds. The Bertz CT molecular complexity index is 380. The summed E-state index contributed by atoms with van der Waals surface area (Å²) in [5.41, 5.74) is 4.94. The van der Waals surface area contributed by atoms with Crippen LogP contribution in [-0.2, 0) is 14.3 Å². The molecule has 1 fully saturated rings. The van der Waals surface area contributed by atoms with Crippen molar-refractivity contribution in [3.05, 3.63) is 0 Å². The summed E-state index contributed by atoms with van der Waals surface area (Å²) in [6.07, 6.45) is 8.16. The lowest BCUT2D eigenvalue weighted by Crippen LogP contribution is -2.36. The minimum absolute atomic E-state index is 0.0918. The summed E-state index contributed by atoms with van der Waals surface area (Å²) in [6.45, 7) is 1.90. The Kier molecular flexibility index (Phi) is 9.83. The second kappa shape index (κ2) is 11.7. The van der Waals surface area contributed by atoms with Gasteiger partial charge in [-0.2, -0.15) is 0 Å². The van der Waals surface area contributed by atoms with Crippen molar-refractivity contribution in [2.75, 3.05) is 26.2 Å². The SMILES string of the molecule is NC(=O)NCCCCCC(=O)OCC(=O)N1CCCCCCC1. The molecule has 0 radical (unpaired) electrons. The zero-order valence-corrected chi connectivity index (χ0v) is 13.8. The molecular formula is C16H29N3O4. The molecule has 1 aliphatic heterocycles. The van der Waals surface area contributed by atoms with E-state index in [1.807, 2.05) is 4.90 Å². The topological polar surface area (TPSA) is 102 Å². The van der Waals surface area contributed by atoms with Crippen LogP contribution in [0.4, 0.5) is 4.79 Å². The van der Waals surface area contributed by atoms with Crippen molar-refractivity contribution in [2.24, 2.45) is 5.73 Å². The smallest absolute Gasteiger partial charge is 0.312 e. The highest BCUT2D eigenvalue weighted by atomic mass is 16.5. The van der Waals surface area contributed by atoms with Crippen LogP contribution in [0.15, 0.2) is 0 Å². The Labute approximate surface area is 137 Å². The number of nitrogens with one attached hydrogen (secondary N) is 1. The molecule has 7 heteroatoms. The number of nitrogens with two attached hydrogens (primary N) is 1. The van der Waals surface area contributed by atoms with Crippen molar-refractivity contribution in [1.29, 1.82) is 0 Å². The Balaban J connectivity index is 2.07. The number of likely N-dealkylation sites (tertiary alicyclic amines) is 1. The van der Waals surface area contributed by atoms with Crippen LogP contribution in [0, 0.1) is 0 Å². The molecule has 0 aromatic carbocycles. The molecule has 0 aromatic rings. The van der Waals surface area contributed by atoms with Gasteiger partial charge in [0.25, 0.3) is 5.91 Å². The summed E-state index contributed by atoms with van der Waals surface area (Å²) >= 11 is 0. The van der Waals surface area contributed by atoms with Crippen LogP contribution >= 0.6 is 0 Å². The van der Waals surface area contributed by atoms with Crippen LogP contribution in [0.2, 0.25) is 0 Å². The van der Waals surface area contributed by atoms with Crippen molar-refractivity contribution >= 4 is 17.9 Å². The summed E-state index contributed by atoms with van der Waals surface area (Å²) in [6, 6.07) is -0.535. The number of unbranched alkanes of at least 4 members (excludes halogenated alkanes) is 2. The maximum atomic E-state index is 12.0. The number of hydrogen-bond donors (Lipinski definition) is 2. The highest BCUT2D eigenvalue weighted by Crippen LogP contribution is 2.10. The summed E-state index contributed by atoms with van der Waals surface area (Å²) < 4.78 is 5.05. The number of primary amides is 1. The number of nitrogens with zero attached hydrogens (tertiary/aromatic N) is 1. The van der Waals surface area contributed by atoms with Crippen LogP contribution in [-0.4, -0.2) is 49.0 Å². The van der Waals surface area contributed by atoms with E-state index in [2.05, 4.69) is 5.32 Å². The van der Waals surface area contributed by atoms with Crippen LogP contribution < -0.4 is 11.1 Å². The van der Waals surface area contributed by atoms with Gasteiger partial charge < -0.3 is 20.7 Å². The summed E-state index contributed by atoms with van der Waals surface area (Å²) in [5.74, 6) is -0.431. The van der Waals surface area contributed by atoms with Gasteiger partial charge in [-0.1, -0.05) is 25.7 Å². The van der Waals surface area contributed by atoms with Crippen LogP contribution in [0.5, 0.6) is 0 Å². The van der Waals surface area contributed by atoms with E-state index < -0.39 is 6.03 Å². The fraction of sp³-hybridized carbons (Fsp3) is 0.812. The van der Waals surface area contributed by atoms with E-state index in [0.29, 0.717) is 19.4 Å². The van der Waals surface area contributed by atoms with Crippen LogP contribution in [0.25, 0.3) is 0 Å². The van der Waals surface area contributed by atoms with Crippen molar-refractivity contribution in [3.8, 4) is 0 Å². The number of esters is 1. The first-order valence-corrected chi connectivity index (χ1v) is 8.56. The van der Waals surface area contributed by atoms with Gasteiger partial charge in [0.1, 0.15) is 0 Å². The predicted molar refractivity (Wildman–Crippen MR) is 86.7 cm³/mol. The minimum atomic E-state index is -0.535. The van der Waals surface area contributed by atoms with Crippen molar-refractivity contribution < 1.29 is 19.1 Å². The van der Waals surface area contributed by atoms with Crippen molar-refractivity contribution in [3.63, 3.8) is 0 Å². The fourth-order valence-electron chi connectivity index (χ4n) is 2.59. The van der Waals surface area contributed by atoms with Gasteiger partial charge in [0, 0.05) is 26.1 Å². The zero-order valence-electron chi connectivity index (χ0n) is 13.8. The van der Waals surface area contributed by atoms with E-state index in [1.54, 1.807) is 0 Å². The Morgan fingerprint density at radius 1 is 0.957 bits per heavy atom. The van der Waals surface area contributed by atoms with E-state index in [4.69, 9.17) is 10.5 Å². The molecule has 0 aromatic heterocycles. The second-order valence-corrected chi connectivity index (χ2v) is 5.91. The largest absolute Gasteiger partial charge is 0.456 e. The molecule has 0 aliphatic carbocycles. The molecule has 0 spiro atoms. The van der Waals surface area contributed by atoms with Gasteiger partial charge in [-0.15, -0.1) is 0 Å². The Morgan fingerprint density at radius 2 is 1.61 bits per heavy atom. The summed E-state index contributed by atoms with van der Waals surface area (Å²) in [5, 5.41) is 2.49. The molecule has 1 heterocycles. The maximum absolute atomic E-state index is 12.0. The van der Waals surface area contributed by atoms with E-state index in [9.17, 15) is 14.4 Å². The van der Waals surface area contributed by atoms with Crippen LogP contribution in [0.1, 0.15) is 57.8 Å². The van der Waals surface area contributed by atoms with Crippen molar-refractivity contribution in [2.45, 2.75) is 57.8 Å². The van der Waals surface area contributed by atoms with Crippen molar-refractivity contribution in [1.82, 2.24) is 10.2 Å². The average Bonchev–Trinajstić information content (AvgIpc) is 2.47. The van der Waals surface area contributed by atoms with E-state index in [-0.39, 0.29) is 18.5 Å². The quantitative estimate of drug-likeness (QED) is 0.521. The third-order valence-electron chi connectivity index (χ3n) is 3.92. The first-order valence-electron chi connectivity index (χ1n) is 8.56. The highest BCUT2D eigenvalue weighted by Gasteiger charge is 2.16. The van der Waals surface area contributed by atoms with Crippen LogP contribution in [0.3, 0.4) is 0 Å². The lowest BCUT2D eigenvalue weighted by Gasteiger charge is -2.24. The molecule has 132 valence electrons. The average molecular weight is 327 g/mol. The molecule has 23 heavy (non-hydrogen) atoms. The Morgan fingerprint density at radius 3 is 2.26 bits per heavy atom. The van der Waals surface area contributed by atoms with E-state index in [1.165, 1.54) is 6.42 Å². The van der Waals surface area contributed by atoms with Gasteiger partial charge in [0.05, 0.1) is 0 Å². The molecule has 1 aliphatic rings. The van der Waals surface area contributed by atoms with Gasteiger partial charge in [-0.3, -0.25) is 9.59 Å². The second-order valence-electron chi connectivity index (χ2n) is 5.91. The molecule has 0 unspecified atom stereocenters. The molecule has 7 nitrogen and oxygen atoms in total. The summed E-state index contributed by atoms with van der Waals surface area (Å²) in [4.78, 5) is 35.9. The fourth-order valence-corrected chi connectivity index (χ4v) is 2.59.